The number of nitrogens with one attached hydrogen (secondary N) is 1. The molecule has 0 atom stereocenters. The van der Waals surface area contributed by atoms with Crippen molar-refractivity contribution >= 4 is 49.1 Å². The number of amides is 1. The SMILES string of the molecule is Nc1cc(Br)cc(Br)c1NC(=O)CC1CCC1. The molecule has 3 nitrogen and oxygen atoms in total. The van der Waals surface area contributed by atoms with E-state index in [1.807, 2.05) is 6.07 Å². The first-order chi connectivity index (χ1) is 8.06. The minimum absolute atomic E-state index is 0.0458. The molecular weight excluding hydrogens is 348 g/mol. The molecule has 0 radical (unpaired) electrons. The van der Waals surface area contributed by atoms with Crippen LogP contribution in [0.1, 0.15) is 25.7 Å². The van der Waals surface area contributed by atoms with Gasteiger partial charge in [-0.3, -0.25) is 4.79 Å². The monoisotopic (exact) mass is 360 g/mol. The summed E-state index contributed by atoms with van der Waals surface area (Å²) in [6.45, 7) is 0. The lowest BCUT2D eigenvalue weighted by Crippen LogP contribution is -2.21. The number of carbonyl (C=O) groups excluding carboxylic acids is 1. The van der Waals surface area contributed by atoms with E-state index in [1.54, 1.807) is 6.07 Å². The van der Waals surface area contributed by atoms with Crippen LogP contribution in [0.5, 0.6) is 0 Å². The highest BCUT2D eigenvalue weighted by molar-refractivity contribution is 9.11. The molecule has 1 aromatic rings. The summed E-state index contributed by atoms with van der Waals surface area (Å²) in [6.07, 6.45) is 4.19. The van der Waals surface area contributed by atoms with Crippen LogP contribution in [-0.2, 0) is 4.79 Å². The van der Waals surface area contributed by atoms with Crippen LogP contribution < -0.4 is 11.1 Å². The lowest BCUT2D eigenvalue weighted by molar-refractivity contribution is -0.117. The third-order valence-electron chi connectivity index (χ3n) is 3.05. The van der Waals surface area contributed by atoms with E-state index in [9.17, 15) is 4.79 Å². The number of hydrogen-bond donors (Lipinski definition) is 2. The third-order valence-corrected chi connectivity index (χ3v) is 4.13. The topological polar surface area (TPSA) is 55.1 Å². The van der Waals surface area contributed by atoms with Gasteiger partial charge >= 0.3 is 0 Å². The molecule has 0 aliphatic heterocycles. The lowest BCUT2D eigenvalue weighted by atomic mass is 9.83. The van der Waals surface area contributed by atoms with Crippen LogP contribution >= 0.6 is 31.9 Å². The molecule has 1 aliphatic rings. The molecule has 5 heteroatoms. The number of halogens is 2. The summed E-state index contributed by atoms with van der Waals surface area (Å²) >= 11 is 6.75. The first kappa shape index (κ1) is 12.9. The second kappa shape index (κ2) is 5.40. The van der Waals surface area contributed by atoms with Gasteiger partial charge < -0.3 is 11.1 Å². The maximum absolute atomic E-state index is 11.8. The van der Waals surface area contributed by atoms with Crippen molar-refractivity contribution in [1.29, 1.82) is 0 Å². The van der Waals surface area contributed by atoms with Crippen molar-refractivity contribution in [2.45, 2.75) is 25.7 Å². The number of nitrogens with two attached hydrogens (primary N) is 1. The van der Waals surface area contributed by atoms with E-state index in [4.69, 9.17) is 5.73 Å². The Hall–Kier alpha value is -0.550. The van der Waals surface area contributed by atoms with Crippen LogP contribution in [0.25, 0.3) is 0 Å². The Kier molecular flexibility index (Phi) is 4.09. The molecule has 0 saturated heterocycles. The largest absolute Gasteiger partial charge is 0.397 e. The molecule has 1 aromatic carbocycles. The number of anilines is 2. The zero-order chi connectivity index (χ0) is 12.4. The Morgan fingerprint density at radius 2 is 2.12 bits per heavy atom. The Balaban J connectivity index is 2.04. The molecule has 0 aromatic heterocycles. The van der Waals surface area contributed by atoms with E-state index in [-0.39, 0.29) is 5.91 Å². The minimum Gasteiger partial charge on any atom is -0.397 e. The number of hydrogen-bond acceptors (Lipinski definition) is 2. The van der Waals surface area contributed by atoms with E-state index in [0.717, 1.165) is 8.95 Å². The van der Waals surface area contributed by atoms with E-state index in [2.05, 4.69) is 37.2 Å². The first-order valence-corrected chi connectivity index (χ1v) is 7.19. The Morgan fingerprint density at radius 1 is 1.41 bits per heavy atom. The quantitative estimate of drug-likeness (QED) is 0.801. The van der Waals surface area contributed by atoms with Crippen molar-refractivity contribution in [2.75, 3.05) is 11.1 Å². The lowest BCUT2D eigenvalue weighted by Gasteiger charge is -2.24. The fourth-order valence-electron chi connectivity index (χ4n) is 1.87. The summed E-state index contributed by atoms with van der Waals surface area (Å²) in [5.41, 5.74) is 7.10. The highest BCUT2D eigenvalue weighted by Crippen LogP contribution is 2.34. The summed E-state index contributed by atoms with van der Waals surface area (Å²) in [6, 6.07) is 3.65. The maximum Gasteiger partial charge on any atom is 0.224 e. The standard InChI is InChI=1S/C12H14Br2N2O/c13-8-5-9(14)12(10(15)6-8)16-11(17)4-7-2-1-3-7/h5-7H,1-4,15H2,(H,16,17). The molecule has 1 fully saturated rings. The first-order valence-electron chi connectivity index (χ1n) is 5.60. The zero-order valence-electron chi connectivity index (χ0n) is 9.30. The van der Waals surface area contributed by atoms with E-state index >= 15 is 0 Å². The second-order valence-electron chi connectivity index (χ2n) is 4.40. The van der Waals surface area contributed by atoms with Crippen molar-refractivity contribution in [1.82, 2.24) is 0 Å². The van der Waals surface area contributed by atoms with Crippen LogP contribution in [0.4, 0.5) is 11.4 Å². The molecule has 1 saturated carbocycles. The summed E-state index contributed by atoms with van der Waals surface area (Å²) < 4.78 is 1.69. The Bertz CT molecular complexity index is 421. The van der Waals surface area contributed by atoms with Gasteiger partial charge in [-0.2, -0.15) is 0 Å². The molecule has 1 amide bonds. The fraction of sp³-hybridized carbons (Fsp3) is 0.417. The van der Waals surface area contributed by atoms with Gasteiger partial charge in [0.15, 0.2) is 0 Å². The van der Waals surface area contributed by atoms with Crippen LogP contribution in [0, 0.1) is 5.92 Å². The normalized spacial score (nSPS) is 15.4. The molecule has 17 heavy (non-hydrogen) atoms. The van der Waals surface area contributed by atoms with Crippen molar-refractivity contribution in [2.24, 2.45) is 5.92 Å². The van der Waals surface area contributed by atoms with Crippen LogP contribution in [-0.4, -0.2) is 5.91 Å². The molecule has 0 bridgehead atoms. The van der Waals surface area contributed by atoms with Crippen molar-refractivity contribution in [3.63, 3.8) is 0 Å². The summed E-state index contributed by atoms with van der Waals surface area (Å²) in [4.78, 5) is 11.8. The van der Waals surface area contributed by atoms with Gasteiger partial charge in [0.2, 0.25) is 5.91 Å². The van der Waals surface area contributed by atoms with Gasteiger partial charge in [-0.1, -0.05) is 22.4 Å². The smallest absolute Gasteiger partial charge is 0.224 e. The summed E-state index contributed by atoms with van der Waals surface area (Å²) in [7, 11) is 0. The van der Waals surface area contributed by atoms with Crippen molar-refractivity contribution in [3.05, 3.63) is 21.1 Å². The van der Waals surface area contributed by atoms with E-state index in [0.29, 0.717) is 23.7 Å². The average molecular weight is 362 g/mol. The molecule has 0 heterocycles. The third kappa shape index (κ3) is 3.22. The maximum atomic E-state index is 11.8. The number of rotatable bonds is 3. The molecule has 92 valence electrons. The number of benzene rings is 1. The van der Waals surface area contributed by atoms with Gasteiger partial charge in [-0.25, -0.2) is 0 Å². The van der Waals surface area contributed by atoms with E-state index < -0.39 is 0 Å². The van der Waals surface area contributed by atoms with E-state index in [1.165, 1.54) is 19.3 Å². The van der Waals surface area contributed by atoms with Gasteiger partial charge in [-0.15, -0.1) is 0 Å². The molecule has 2 rings (SSSR count). The van der Waals surface area contributed by atoms with Gasteiger partial charge in [-0.05, 0) is 46.8 Å². The predicted octanol–water partition coefficient (Wildman–Crippen LogP) is 3.92. The fourth-order valence-corrected chi connectivity index (χ4v) is 3.23. The van der Waals surface area contributed by atoms with Gasteiger partial charge in [0.25, 0.3) is 0 Å². The Morgan fingerprint density at radius 3 is 2.65 bits per heavy atom. The Labute approximate surface area is 117 Å². The molecule has 1 aliphatic carbocycles. The van der Waals surface area contributed by atoms with Crippen LogP contribution in [0.3, 0.4) is 0 Å². The van der Waals surface area contributed by atoms with Gasteiger partial charge in [0.1, 0.15) is 0 Å². The highest BCUT2D eigenvalue weighted by atomic mass is 79.9. The zero-order valence-corrected chi connectivity index (χ0v) is 12.5. The molecule has 3 N–H and O–H groups in total. The highest BCUT2D eigenvalue weighted by Gasteiger charge is 2.21. The second-order valence-corrected chi connectivity index (χ2v) is 6.17. The average Bonchev–Trinajstić information content (AvgIpc) is 2.17. The molecule has 0 spiro atoms. The van der Waals surface area contributed by atoms with Crippen LogP contribution in [0.15, 0.2) is 21.1 Å². The predicted molar refractivity (Wildman–Crippen MR) is 76.8 cm³/mol. The number of nitrogen functional groups attached to an aromatic ring is 1. The van der Waals surface area contributed by atoms with Crippen LogP contribution in [0.2, 0.25) is 0 Å². The molecular formula is C12H14Br2N2O. The summed E-state index contributed by atoms with van der Waals surface area (Å²) in [5, 5.41) is 2.87. The van der Waals surface area contributed by atoms with Gasteiger partial charge in [0.05, 0.1) is 11.4 Å². The van der Waals surface area contributed by atoms with Gasteiger partial charge in [0, 0.05) is 15.4 Å². The van der Waals surface area contributed by atoms with Crippen molar-refractivity contribution in [3.8, 4) is 0 Å². The minimum atomic E-state index is 0.0458. The van der Waals surface area contributed by atoms with Crippen molar-refractivity contribution < 1.29 is 4.79 Å². The molecule has 0 unspecified atom stereocenters. The number of carbonyl (C=O) groups is 1. The summed E-state index contributed by atoms with van der Waals surface area (Å²) in [5.74, 6) is 0.606.